The first-order chi connectivity index (χ1) is 18.5. The van der Waals surface area contributed by atoms with E-state index in [9.17, 15) is 5.26 Å². The fourth-order valence-electron chi connectivity index (χ4n) is 4.08. The van der Waals surface area contributed by atoms with Gasteiger partial charge in [-0.1, -0.05) is 13.3 Å². The van der Waals surface area contributed by atoms with Crippen LogP contribution in [0.4, 0.5) is 17.5 Å². The Balaban J connectivity index is 1.77. The third-order valence-electron chi connectivity index (χ3n) is 5.86. The Morgan fingerprint density at radius 1 is 0.895 bits per heavy atom. The monoisotopic (exact) mass is 508 g/mol. The maximum absolute atomic E-state index is 9.30. The lowest BCUT2D eigenvalue weighted by Gasteiger charge is -2.18. The van der Waals surface area contributed by atoms with Crippen molar-refractivity contribution in [3.8, 4) is 35.3 Å². The van der Waals surface area contributed by atoms with Crippen LogP contribution in [0.2, 0.25) is 0 Å². The van der Waals surface area contributed by atoms with E-state index in [-0.39, 0.29) is 11.9 Å². The SMILES string of the molecule is CCCC(C)Nc1cc(Oc2c(OC)cc3cc(C#N)ccc3c2OC)nc(Nc2ccc(C#N)cc2)n1. The molecule has 0 fully saturated rings. The minimum Gasteiger partial charge on any atom is -0.493 e. The van der Waals surface area contributed by atoms with Gasteiger partial charge in [0.1, 0.15) is 5.82 Å². The van der Waals surface area contributed by atoms with Crippen molar-refractivity contribution >= 4 is 28.2 Å². The van der Waals surface area contributed by atoms with Crippen molar-refractivity contribution in [2.75, 3.05) is 24.9 Å². The zero-order valence-corrected chi connectivity index (χ0v) is 21.7. The van der Waals surface area contributed by atoms with Gasteiger partial charge in [0.15, 0.2) is 11.5 Å². The van der Waals surface area contributed by atoms with Gasteiger partial charge in [0, 0.05) is 23.2 Å². The molecule has 1 unspecified atom stereocenters. The molecule has 0 radical (unpaired) electrons. The highest BCUT2D eigenvalue weighted by molar-refractivity contribution is 5.94. The van der Waals surface area contributed by atoms with Crippen molar-refractivity contribution < 1.29 is 14.2 Å². The molecular formula is C29H28N6O3. The van der Waals surface area contributed by atoms with Crippen LogP contribution in [-0.2, 0) is 0 Å². The van der Waals surface area contributed by atoms with Crippen LogP contribution in [0, 0.1) is 22.7 Å². The van der Waals surface area contributed by atoms with Gasteiger partial charge in [-0.15, -0.1) is 0 Å². The first kappa shape index (κ1) is 26.1. The van der Waals surface area contributed by atoms with Gasteiger partial charge in [-0.3, -0.25) is 0 Å². The lowest BCUT2D eigenvalue weighted by molar-refractivity contribution is 0.345. The summed E-state index contributed by atoms with van der Waals surface area (Å²) in [4.78, 5) is 9.19. The maximum atomic E-state index is 9.30. The fourth-order valence-corrected chi connectivity index (χ4v) is 4.08. The van der Waals surface area contributed by atoms with Crippen LogP contribution in [0.3, 0.4) is 0 Å². The van der Waals surface area contributed by atoms with E-state index in [2.05, 4.69) is 46.6 Å². The molecule has 2 N–H and O–H groups in total. The molecule has 0 spiro atoms. The molecule has 38 heavy (non-hydrogen) atoms. The number of hydrogen-bond acceptors (Lipinski definition) is 9. The third-order valence-corrected chi connectivity index (χ3v) is 5.86. The highest BCUT2D eigenvalue weighted by Crippen LogP contribution is 2.45. The number of ether oxygens (including phenoxy) is 3. The molecule has 4 rings (SSSR count). The second-order valence-electron chi connectivity index (χ2n) is 8.65. The van der Waals surface area contributed by atoms with Crippen molar-refractivity contribution in [1.29, 1.82) is 10.5 Å². The number of anilines is 3. The Morgan fingerprint density at radius 3 is 2.29 bits per heavy atom. The van der Waals surface area contributed by atoms with Gasteiger partial charge in [0.2, 0.25) is 17.6 Å². The summed E-state index contributed by atoms with van der Waals surface area (Å²) >= 11 is 0. The summed E-state index contributed by atoms with van der Waals surface area (Å²) < 4.78 is 17.7. The number of aromatic nitrogens is 2. The topological polar surface area (TPSA) is 125 Å². The van der Waals surface area contributed by atoms with E-state index in [1.165, 1.54) is 0 Å². The molecule has 9 heteroatoms. The molecule has 1 aromatic heterocycles. The number of nitrogens with zero attached hydrogens (tertiary/aromatic N) is 4. The molecule has 0 aliphatic rings. The summed E-state index contributed by atoms with van der Waals surface area (Å²) in [6, 6.07) is 20.3. The highest BCUT2D eigenvalue weighted by atomic mass is 16.5. The number of fused-ring (bicyclic) bond motifs is 1. The molecule has 1 atom stereocenters. The van der Waals surface area contributed by atoms with Crippen LogP contribution in [-0.4, -0.2) is 30.2 Å². The van der Waals surface area contributed by atoms with Crippen LogP contribution in [0.5, 0.6) is 23.1 Å². The molecule has 0 saturated heterocycles. The summed E-state index contributed by atoms with van der Waals surface area (Å²) in [7, 11) is 3.09. The molecule has 0 aliphatic carbocycles. The Bertz CT molecular complexity index is 1520. The van der Waals surface area contributed by atoms with E-state index in [0.717, 1.165) is 29.3 Å². The molecule has 0 saturated carbocycles. The van der Waals surface area contributed by atoms with Crippen molar-refractivity contribution in [1.82, 2.24) is 9.97 Å². The molecule has 0 amide bonds. The molecule has 192 valence electrons. The zero-order chi connectivity index (χ0) is 27.1. The first-order valence-electron chi connectivity index (χ1n) is 12.2. The molecular weight excluding hydrogens is 480 g/mol. The first-order valence-corrected chi connectivity index (χ1v) is 12.2. The Kier molecular flexibility index (Phi) is 8.10. The van der Waals surface area contributed by atoms with E-state index < -0.39 is 0 Å². The van der Waals surface area contributed by atoms with E-state index >= 15 is 0 Å². The highest BCUT2D eigenvalue weighted by Gasteiger charge is 2.20. The fraction of sp³-hybridized carbons (Fsp3) is 0.241. The molecule has 3 aromatic carbocycles. The van der Waals surface area contributed by atoms with Gasteiger partial charge in [-0.2, -0.15) is 20.5 Å². The lowest BCUT2D eigenvalue weighted by atomic mass is 10.1. The smallest absolute Gasteiger partial charge is 0.232 e. The second-order valence-corrected chi connectivity index (χ2v) is 8.65. The largest absolute Gasteiger partial charge is 0.493 e. The quantitative estimate of drug-likeness (QED) is 0.246. The average Bonchev–Trinajstić information content (AvgIpc) is 2.92. The van der Waals surface area contributed by atoms with E-state index in [1.807, 2.05) is 6.07 Å². The predicted molar refractivity (Wildman–Crippen MR) is 146 cm³/mol. The van der Waals surface area contributed by atoms with Gasteiger partial charge in [0.25, 0.3) is 0 Å². The van der Waals surface area contributed by atoms with Gasteiger partial charge >= 0.3 is 0 Å². The number of nitrogens with one attached hydrogen (secondary N) is 2. The minimum atomic E-state index is 0.185. The van der Waals surface area contributed by atoms with Crippen LogP contribution in [0.15, 0.2) is 54.6 Å². The van der Waals surface area contributed by atoms with E-state index in [4.69, 9.17) is 19.5 Å². The summed E-state index contributed by atoms with van der Waals surface area (Å²) in [5.74, 6) is 2.41. The normalized spacial score (nSPS) is 11.2. The Morgan fingerprint density at radius 2 is 1.63 bits per heavy atom. The van der Waals surface area contributed by atoms with Crippen molar-refractivity contribution in [3.05, 3.63) is 65.7 Å². The standard InChI is InChI=1S/C29H28N6O3/c1-5-6-18(2)32-25-15-26(35-29(34-25)33-22-10-7-19(16-30)8-11-22)38-28-24(36-3)14-21-13-20(17-31)9-12-23(21)27(28)37-4/h7-15,18H,5-6H2,1-4H3,(H2,32,33,34,35). The van der Waals surface area contributed by atoms with Crippen LogP contribution >= 0.6 is 0 Å². The summed E-state index contributed by atoms with van der Waals surface area (Å²) in [5, 5.41) is 26.5. The van der Waals surface area contributed by atoms with Gasteiger partial charge < -0.3 is 24.8 Å². The average molecular weight is 509 g/mol. The summed E-state index contributed by atoms with van der Waals surface area (Å²) in [6.07, 6.45) is 1.99. The summed E-state index contributed by atoms with van der Waals surface area (Å²) in [6.45, 7) is 4.22. The predicted octanol–water partition coefficient (Wildman–Crippen LogP) is 6.53. The summed E-state index contributed by atoms with van der Waals surface area (Å²) in [5.41, 5.74) is 1.81. The maximum Gasteiger partial charge on any atom is 0.232 e. The number of methoxy groups -OCH3 is 2. The minimum absolute atomic E-state index is 0.185. The molecule has 0 aliphatic heterocycles. The molecule has 4 aromatic rings. The van der Waals surface area contributed by atoms with E-state index in [1.54, 1.807) is 62.8 Å². The Hall–Kier alpha value is -5.02. The number of rotatable bonds is 10. The molecule has 1 heterocycles. The van der Waals surface area contributed by atoms with Crippen molar-refractivity contribution in [3.63, 3.8) is 0 Å². The Labute approximate surface area is 221 Å². The second kappa shape index (κ2) is 11.8. The zero-order valence-electron chi connectivity index (χ0n) is 21.7. The lowest BCUT2D eigenvalue weighted by Crippen LogP contribution is -2.16. The van der Waals surface area contributed by atoms with Gasteiger partial charge in [-0.25, -0.2) is 0 Å². The van der Waals surface area contributed by atoms with Gasteiger partial charge in [-0.05, 0) is 67.3 Å². The molecule has 9 nitrogen and oxygen atoms in total. The number of nitriles is 2. The molecule has 0 bridgehead atoms. The van der Waals surface area contributed by atoms with Crippen LogP contribution in [0.1, 0.15) is 37.8 Å². The number of benzene rings is 3. The van der Waals surface area contributed by atoms with Crippen molar-refractivity contribution in [2.45, 2.75) is 32.7 Å². The van der Waals surface area contributed by atoms with Crippen LogP contribution < -0.4 is 24.8 Å². The number of hydrogen-bond donors (Lipinski definition) is 2. The van der Waals surface area contributed by atoms with Crippen molar-refractivity contribution in [2.24, 2.45) is 0 Å². The van der Waals surface area contributed by atoms with E-state index in [0.29, 0.717) is 40.1 Å². The van der Waals surface area contributed by atoms with Crippen LogP contribution in [0.25, 0.3) is 10.8 Å². The van der Waals surface area contributed by atoms with Gasteiger partial charge in [0.05, 0.1) is 37.5 Å². The third kappa shape index (κ3) is 5.85.